The van der Waals surface area contributed by atoms with Crippen molar-refractivity contribution < 1.29 is 5.11 Å². The SMILES string of the molecule is Oc1ccc2nc(-c3cc(Cl)cc(Cl)c3)[nH]c2c1. The topological polar surface area (TPSA) is 48.9 Å². The van der Waals surface area contributed by atoms with Crippen LogP contribution in [0.25, 0.3) is 22.4 Å². The van der Waals surface area contributed by atoms with E-state index in [0.717, 1.165) is 16.6 Å². The Morgan fingerprint density at radius 2 is 1.72 bits per heavy atom. The molecule has 3 aromatic rings. The number of phenols is 1. The van der Waals surface area contributed by atoms with Gasteiger partial charge in [0.25, 0.3) is 0 Å². The van der Waals surface area contributed by atoms with E-state index in [1.54, 1.807) is 36.4 Å². The van der Waals surface area contributed by atoms with Crippen LogP contribution >= 0.6 is 23.2 Å². The van der Waals surface area contributed by atoms with E-state index in [2.05, 4.69) is 9.97 Å². The van der Waals surface area contributed by atoms with E-state index in [0.29, 0.717) is 15.9 Å². The molecule has 0 aliphatic heterocycles. The van der Waals surface area contributed by atoms with Gasteiger partial charge in [-0.3, -0.25) is 0 Å². The summed E-state index contributed by atoms with van der Waals surface area (Å²) in [7, 11) is 0. The van der Waals surface area contributed by atoms with Gasteiger partial charge in [-0.25, -0.2) is 4.98 Å². The summed E-state index contributed by atoms with van der Waals surface area (Å²) in [6.45, 7) is 0. The highest BCUT2D eigenvalue weighted by molar-refractivity contribution is 6.35. The van der Waals surface area contributed by atoms with Gasteiger partial charge in [-0.15, -0.1) is 0 Å². The Kier molecular flexibility index (Phi) is 2.65. The summed E-state index contributed by atoms with van der Waals surface area (Å²) in [5.74, 6) is 0.863. The van der Waals surface area contributed by atoms with Gasteiger partial charge in [0.2, 0.25) is 0 Å². The molecule has 0 radical (unpaired) electrons. The van der Waals surface area contributed by atoms with E-state index in [1.807, 2.05) is 0 Å². The molecule has 3 rings (SSSR count). The lowest BCUT2D eigenvalue weighted by molar-refractivity contribution is 0.476. The molecule has 0 spiro atoms. The highest BCUT2D eigenvalue weighted by Crippen LogP contribution is 2.27. The number of hydrogen-bond donors (Lipinski definition) is 2. The maximum absolute atomic E-state index is 9.41. The lowest BCUT2D eigenvalue weighted by Crippen LogP contribution is -1.80. The highest BCUT2D eigenvalue weighted by Gasteiger charge is 2.07. The van der Waals surface area contributed by atoms with Gasteiger partial charge >= 0.3 is 0 Å². The molecule has 0 aliphatic carbocycles. The number of nitrogens with zero attached hydrogens (tertiary/aromatic N) is 1. The number of hydrogen-bond acceptors (Lipinski definition) is 2. The zero-order valence-electron chi connectivity index (χ0n) is 9.11. The number of imidazole rings is 1. The molecule has 5 heteroatoms. The van der Waals surface area contributed by atoms with E-state index in [-0.39, 0.29) is 5.75 Å². The number of H-pyrrole nitrogens is 1. The molecule has 0 fully saturated rings. The zero-order valence-corrected chi connectivity index (χ0v) is 10.6. The Hall–Kier alpha value is -1.71. The lowest BCUT2D eigenvalue weighted by Gasteiger charge is -1.98. The van der Waals surface area contributed by atoms with Crippen LogP contribution in [0.4, 0.5) is 0 Å². The first-order valence-corrected chi connectivity index (χ1v) is 6.02. The summed E-state index contributed by atoms with van der Waals surface area (Å²) < 4.78 is 0. The molecule has 0 saturated heterocycles. The van der Waals surface area contributed by atoms with Crippen LogP contribution in [0.5, 0.6) is 5.75 Å². The van der Waals surface area contributed by atoms with Crippen LogP contribution < -0.4 is 0 Å². The fourth-order valence-electron chi connectivity index (χ4n) is 1.82. The Labute approximate surface area is 113 Å². The molecule has 3 nitrogen and oxygen atoms in total. The number of rotatable bonds is 1. The third kappa shape index (κ3) is 2.03. The average molecular weight is 279 g/mol. The molecule has 0 atom stereocenters. The van der Waals surface area contributed by atoms with Gasteiger partial charge in [-0.2, -0.15) is 0 Å². The van der Waals surface area contributed by atoms with Crippen molar-refractivity contribution in [3.05, 3.63) is 46.4 Å². The van der Waals surface area contributed by atoms with E-state index in [9.17, 15) is 5.11 Å². The molecule has 18 heavy (non-hydrogen) atoms. The first-order valence-electron chi connectivity index (χ1n) is 5.27. The summed E-state index contributed by atoms with van der Waals surface area (Å²) in [5.41, 5.74) is 2.35. The molecule has 2 N–H and O–H groups in total. The second-order valence-corrected chi connectivity index (χ2v) is 4.82. The van der Waals surface area contributed by atoms with Crippen molar-refractivity contribution in [2.75, 3.05) is 0 Å². The molecular formula is C13H8Cl2N2O. The van der Waals surface area contributed by atoms with E-state index < -0.39 is 0 Å². The first-order chi connectivity index (χ1) is 8.61. The summed E-state index contributed by atoms with van der Waals surface area (Å²) in [5, 5.41) is 10.5. The second kappa shape index (κ2) is 4.19. The number of aromatic nitrogens is 2. The minimum Gasteiger partial charge on any atom is -0.508 e. The molecule has 0 saturated carbocycles. The summed E-state index contributed by atoms with van der Waals surface area (Å²) in [4.78, 5) is 7.54. The summed E-state index contributed by atoms with van der Waals surface area (Å²) in [6.07, 6.45) is 0. The number of fused-ring (bicyclic) bond motifs is 1. The third-order valence-electron chi connectivity index (χ3n) is 2.60. The standard InChI is InChI=1S/C13H8Cl2N2O/c14-8-3-7(4-9(15)5-8)13-16-11-2-1-10(18)6-12(11)17-13/h1-6,18H,(H,16,17). The maximum Gasteiger partial charge on any atom is 0.138 e. The van der Waals surface area contributed by atoms with Crippen molar-refractivity contribution in [1.29, 1.82) is 0 Å². The van der Waals surface area contributed by atoms with Crippen LogP contribution in [0.1, 0.15) is 0 Å². The van der Waals surface area contributed by atoms with Gasteiger partial charge in [0.1, 0.15) is 11.6 Å². The predicted molar refractivity (Wildman–Crippen MR) is 73.2 cm³/mol. The number of benzene rings is 2. The monoisotopic (exact) mass is 278 g/mol. The van der Waals surface area contributed by atoms with Crippen LogP contribution in [-0.2, 0) is 0 Å². The van der Waals surface area contributed by atoms with Gasteiger partial charge in [0, 0.05) is 21.7 Å². The molecule has 2 aromatic carbocycles. The van der Waals surface area contributed by atoms with E-state index in [4.69, 9.17) is 23.2 Å². The van der Waals surface area contributed by atoms with Crippen molar-refractivity contribution in [2.45, 2.75) is 0 Å². The van der Waals surface area contributed by atoms with Crippen LogP contribution in [0.2, 0.25) is 10.0 Å². The fourth-order valence-corrected chi connectivity index (χ4v) is 2.35. The largest absolute Gasteiger partial charge is 0.508 e. The van der Waals surface area contributed by atoms with Crippen molar-refractivity contribution in [1.82, 2.24) is 9.97 Å². The number of halogens is 2. The van der Waals surface area contributed by atoms with E-state index in [1.165, 1.54) is 0 Å². The Morgan fingerprint density at radius 3 is 2.44 bits per heavy atom. The van der Waals surface area contributed by atoms with Gasteiger partial charge in [-0.05, 0) is 30.3 Å². The number of nitrogens with one attached hydrogen (secondary N) is 1. The van der Waals surface area contributed by atoms with Gasteiger partial charge in [-0.1, -0.05) is 23.2 Å². The number of phenolic OH excluding ortho intramolecular Hbond substituents is 1. The summed E-state index contributed by atoms with van der Waals surface area (Å²) in [6, 6.07) is 10.2. The van der Waals surface area contributed by atoms with Gasteiger partial charge in [0.05, 0.1) is 11.0 Å². The highest BCUT2D eigenvalue weighted by atomic mass is 35.5. The maximum atomic E-state index is 9.41. The van der Waals surface area contributed by atoms with Crippen molar-refractivity contribution in [3.8, 4) is 17.1 Å². The predicted octanol–water partition coefficient (Wildman–Crippen LogP) is 4.24. The Bertz CT molecular complexity index is 717. The van der Waals surface area contributed by atoms with Crippen molar-refractivity contribution in [3.63, 3.8) is 0 Å². The Balaban J connectivity index is 2.19. The van der Waals surface area contributed by atoms with Crippen molar-refractivity contribution in [2.24, 2.45) is 0 Å². The number of aromatic amines is 1. The normalized spacial score (nSPS) is 11.0. The smallest absolute Gasteiger partial charge is 0.138 e. The molecule has 0 aliphatic rings. The minimum absolute atomic E-state index is 0.196. The molecule has 0 unspecified atom stereocenters. The first kappa shape index (κ1) is 11.4. The Morgan fingerprint density at radius 1 is 1.00 bits per heavy atom. The van der Waals surface area contributed by atoms with Crippen LogP contribution in [0.3, 0.4) is 0 Å². The quantitative estimate of drug-likeness (QED) is 0.699. The average Bonchev–Trinajstić information content (AvgIpc) is 2.70. The van der Waals surface area contributed by atoms with E-state index >= 15 is 0 Å². The second-order valence-electron chi connectivity index (χ2n) is 3.94. The van der Waals surface area contributed by atoms with Crippen LogP contribution in [-0.4, -0.2) is 15.1 Å². The molecular weight excluding hydrogens is 271 g/mol. The van der Waals surface area contributed by atoms with Gasteiger partial charge < -0.3 is 10.1 Å². The zero-order chi connectivity index (χ0) is 12.7. The van der Waals surface area contributed by atoms with Crippen molar-refractivity contribution >= 4 is 34.2 Å². The third-order valence-corrected chi connectivity index (χ3v) is 3.04. The number of aromatic hydroxyl groups is 1. The minimum atomic E-state index is 0.196. The summed E-state index contributed by atoms with van der Waals surface area (Å²) >= 11 is 11.9. The molecule has 90 valence electrons. The van der Waals surface area contributed by atoms with Crippen LogP contribution in [0, 0.1) is 0 Å². The fraction of sp³-hybridized carbons (Fsp3) is 0. The molecule has 1 heterocycles. The molecule has 0 bridgehead atoms. The van der Waals surface area contributed by atoms with Gasteiger partial charge in [0.15, 0.2) is 0 Å². The molecule has 0 amide bonds. The molecule has 1 aromatic heterocycles. The lowest BCUT2D eigenvalue weighted by atomic mass is 10.2. The van der Waals surface area contributed by atoms with Crippen LogP contribution in [0.15, 0.2) is 36.4 Å².